The molecule has 1 aromatic rings. The summed E-state index contributed by atoms with van der Waals surface area (Å²) in [6, 6.07) is -1.05. The quantitative estimate of drug-likeness (QED) is 0.756. The lowest BCUT2D eigenvalue weighted by atomic mass is 9.81. The molecule has 0 aromatic carbocycles. The molecule has 1 saturated heterocycles. The first-order valence-electron chi connectivity index (χ1n) is 9.09. The predicted molar refractivity (Wildman–Crippen MR) is 94.9 cm³/mol. The zero-order valence-corrected chi connectivity index (χ0v) is 16.1. The third-order valence-electron chi connectivity index (χ3n) is 5.43. The molecule has 1 fully saturated rings. The maximum Gasteiger partial charge on any atom is 0.410 e. The maximum absolute atomic E-state index is 12.7. The number of carboxylic acids is 1. The van der Waals surface area contributed by atoms with E-state index in [0.717, 1.165) is 9.25 Å². The number of piperidine rings is 1. The van der Waals surface area contributed by atoms with Crippen molar-refractivity contribution in [2.75, 3.05) is 13.1 Å². The van der Waals surface area contributed by atoms with Gasteiger partial charge in [0, 0.05) is 20.1 Å². The van der Waals surface area contributed by atoms with Gasteiger partial charge in [-0.3, -0.25) is 0 Å². The van der Waals surface area contributed by atoms with E-state index in [1.807, 2.05) is 0 Å². The smallest absolute Gasteiger partial charge is 0.410 e. The zero-order chi connectivity index (χ0) is 20.1. The van der Waals surface area contributed by atoms with Crippen molar-refractivity contribution in [1.82, 2.24) is 18.8 Å². The van der Waals surface area contributed by atoms with E-state index < -0.39 is 40.6 Å². The van der Waals surface area contributed by atoms with Crippen LogP contribution in [0.1, 0.15) is 52.5 Å². The minimum Gasteiger partial charge on any atom is -0.480 e. The highest BCUT2D eigenvalue weighted by Gasteiger charge is 2.47. The topological polar surface area (TPSA) is 116 Å². The van der Waals surface area contributed by atoms with Gasteiger partial charge >= 0.3 is 23.4 Å². The van der Waals surface area contributed by atoms with E-state index in [-0.39, 0.29) is 6.42 Å². The number of carbonyl (C=O) groups is 2. The fourth-order valence-corrected chi connectivity index (χ4v) is 4.01. The van der Waals surface area contributed by atoms with Crippen LogP contribution in [0.5, 0.6) is 0 Å². The van der Waals surface area contributed by atoms with Crippen LogP contribution in [0.4, 0.5) is 4.79 Å². The van der Waals surface area contributed by atoms with E-state index in [2.05, 4.69) is 0 Å². The molecule has 1 spiro atoms. The second-order valence-corrected chi connectivity index (χ2v) is 8.36. The maximum atomic E-state index is 12.7. The summed E-state index contributed by atoms with van der Waals surface area (Å²) in [5.74, 6) is -1.13. The van der Waals surface area contributed by atoms with Crippen molar-refractivity contribution in [1.29, 1.82) is 0 Å². The molecule has 3 heterocycles. The molecule has 1 atom stereocenters. The first-order chi connectivity index (χ1) is 12.5. The van der Waals surface area contributed by atoms with Gasteiger partial charge in [0.15, 0.2) is 6.04 Å². The van der Waals surface area contributed by atoms with Crippen LogP contribution in [0.25, 0.3) is 0 Å². The summed E-state index contributed by atoms with van der Waals surface area (Å²) < 4.78 is 8.75. The fourth-order valence-electron chi connectivity index (χ4n) is 4.01. The number of carboxylic acid groups (broad SMARTS) is 1. The summed E-state index contributed by atoms with van der Waals surface area (Å²) in [7, 11) is 1.35. The van der Waals surface area contributed by atoms with Crippen molar-refractivity contribution in [3.63, 3.8) is 0 Å². The van der Waals surface area contributed by atoms with Gasteiger partial charge in [-0.2, -0.15) is 0 Å². The van der Waals surface area contributed by atoms with Gasteiger partial charge in [-0.1, -0.05) is 0 Å². The number of ether oxygens (including phenoxy) is 1. The lowest BCUT2D eigenvalue weighted by Crippen LogP contribution is -2.56. The number of rotatable bonds is 1. The Morgan fingerprint density at radius 1 is 1.11 bits per heavy atom. The lowest BCUT2D eigenvalue weighted by Gasteiger charge is -2.46. The molecule has 2 aliphatic rings. The molecular weight excluding hydrogens is 356 g/mol. The molecule has 2 aliphatic heterocycles. The summed E-state index contributed by atoms with van der Waals surface area (Å²) in [6.07, 6.45) is 1.25. The average molecular weight is 382 g/mol. The van der Waals surface area contributed by atoms with Crippen molar-refractivity contribution in [3.8, 4) is 0 Å². The normalized spacial score (nSPS) is 21.8. The van der Waals surface area contributed by atoms with Crippen molar-refractivity contribution in [2.45, 2.75) is 63.6 Å². The first kappa shape index (κ1) is 19.2. The Labute approximate surface area is 155 Å². The van der Waals surface area contributed by atoms with Crippen molar-refractivity contribution >= 4 is 12.1 Å². The van der Waals surface area contributed by atoms with Crippen LogP contribution in [-0.2, 0) is 22.1 Å². The molecule has 0 radical (unpaired) electrons. The van der Waals surface area contributed by atoms with Crippen molar-refractivity contribution < 1.29 is 19.4 Å². The largest absolute Gasteiger partial charge is 0.480 e. The second-order valence-electron chi connectivity index (χ2n) is 8.36. The minimum atomic E-state index is -1.13. The highest BCUT2D eigenvalue weighted by Crippen LogP contribution is 2.39. The van der Waals surface area contributed by atoms with Crippen LogP contribution in [-0.4, -0.2) is 54.7 Å². The van der Waals surface area contributed by atoms with Crippen LogP contribution in [0.15, 0.2) is 9.59 Å². The number of fused-ring (bicyclic) bond motifs is 2. The number of amides is 1. The van der Waals surface area contributed by atoms with E-state index in [0.29, 0.717) is 32.4 Å². The molecule has 0 saturated carbocycles. The molecule has 150 valence electrons. The Morgan fingerprint density at radius 2 is 1.70 bits per heavy atom. The molecule has 10 nitrogen and oxygen atoms in total. The Morgan fingerprint density at radius 3 is 2.22 bits per heavy atom. The third kappa shape index (κ3) is 3.17. The van der Waals surface area contributed by atoms with Crippen LogP contribution in [0.2, 0.25) is 0 Å². The van der Waals surface area contributed by atoms with E-state index in [4.69, 9.17) is 4.74 Å². The number of nitrogens with zero attached hydrogens (tertiary/aromatic N) is 4. The van der Waals surface area contributed by atoms with Gasteiger partial charge in [-0.05, 0) is 46.5 Å². The first-order valence-corrected chi connectivity index (χ1v) is 9.09. The van der Waals surface area contributed by atoms with Gasteiger partial charge in [-0.15, -0.1) is 0 Å². The summed E-state index contributed by atoms with van der Waals surface area (Å²) in [4.78, 5) is 50.6. The number of hydrogen-bond acceptors (Lipinski definition) is 5. The van der Waals surface area contributed by atoms with E-state index in [9.17, 15) is 24.3 Å². The Hall–Kier alpha value is -2.52. The number of aromatic nitrogens is 3. The number of carbonyl (C=O) groups excluding carboxylic acids is 1. The number of likely N-dealkylation sites (tertiary alicyclic amines) is 1. The van der Waals surface area contributed by atoms with Gasteiger partial charge in [0.05, 0.1) is 5.54 Å². The molecule has 1 unspecified atom stereocenters. The number of hydrogen-bond donors (Lipinski definition) is 1. The van der Waals surface area contributed by atoms with E-state index in [1.165, 1.54) is 11.7 Å². The molecule has 0 aliphatic carbocycles. The molecule has 10 heteroatoms. The molecule has 1 aromatic heterocycles. The van der Waals surface area contributed by atoms with Crippen LogP contribution >= 0.6 is 0 Å². The highest BCUT2D eigenvalue weighted by atomic mass is 16.6. The Bertz CT molecular complexity index is 879. The summed E-state index contributed by atoms with van der Waals surface area (Å²) in [6.45, 7) is 6.15. The van der Waals surface area contributed by atoms with Crippen LogP contribution < -0.4 is 11.4 Å². The molecule has 3 rings (SSSR count). The summed E-state index contributed by atoms with van der Waals surface area (Å²) >= 11 is 0. The highest BCUT2D eigenvalue weighted by molar-refractivity contribution is 5.71. The Balaban J connectivity index is 1.92. The standard InChI is InChI=1S/C17H26N4O6/c1-16(2,3)27-15(26)19-9-7-17(8-10-19)6-5-11(12(22)23)20-13(24)18(4)14(25)21(17)20/h11H,5-10H2,1-4H3,(H,22,23). The third-order valence-corrected chi connectivity index (χ3v) is 5.43. The van der Waals surface area contributed by atoms with E-state index in [1.54, 1.807) is 25.7 Å². The molecule has 27 heavy (non-hydrogen) atoms. The van der Waals surface area contributed by atoms with Crippen molar-refractivity contribution in [3.05, 3.63) is 21.0 Å². The van der Waals surface area contributed by atoms with Crippen molar-refractivity contribution in [2.24, 2.45) is 7.05 Å². The summed E-state index contributed by atoms with van der Waals surface area (Å²) in [5.41, 5.74) is -2.40. The molecular formula is C17H26N4O6. The van der Waals surface area contributed by atoms with Crippen LogP contribution in [0, 0.1) is 0 Å². The Kier molecular flexibility index (Phi) is 4.47. The lowest BCUT2D eigenvalue weighted by molar-refractivity contribution is -0.143. The van der Waals surface area contributed by atoms with Gasteiger partial charge < -0.3 is 14.7 Å². The predicted octanol–water partition coefficient (Wildman–Crippen LogP) is 0.494. The zero-order valence-electron chi connectivity index (χ0n) is 16.1. The van der Waals surface area contributed by atoms with E-state index >= 15 is 0 Å². The summed E-state index contributed by atoms with van der Waals surface area (Å²) in [5, 5.41) is 9.47. The molecule has 1 amide bonds. The van der Waals surface area contributed by atoms with Gasteiger partial charge in [0.1, 0.15) is 5.60 Å². The fraction of sp³-hybridized carbons (Fsp3) is 0.765. The monoisotopic (exact) mass is 382 g/mol. The molecule has 1 N–H and O–H groups in total. The minimum absolute atomic E-state index is 0.269. The van der Waals surface area contributed by atoms with Gasteiger partial charge in [0.2, 0.25) is 0 Å². The molecule has 0 bridgehead atoms. The SMILES string of the molecule is Cn1c(=O)n2n(c1=O)C1(CCC2C(=O)O)CCN(C(=O)OC(C)(C)C)CC1. The van der Waals surface area contributed by atoms with Gasteiger partial charge in [-0.25, -0.2) is 33.1 Å². The average Bonchev–Trinajstić information content (AvgIpc) is 2.80. The van der Waals surface area contributed by atoms with Crippen LogP contribution in [0.3, 0.4) is 0 Å². The second kappa shape index (κ2) is 6.28. The van der Waals surface area contributed by atoms with Gasteiger partial charge in [0.25, 0.3) is 0 Å². The number of aliphatic carboxylic acids is 1.